The molecule has 130 valence electrons. The molecule has 0 aromatic heterocycles. The second-order valence-electron chi connectivity index (χ2n) is 5.99. The van der Waals surface area contributed by atoms with Crippen LogP contribution in [-0.4, -0.2) is 40.8 Å². The van der Waals surface area contributed by atoms with Gasteiger partial charge in [0.2, 0.25) is 0 Å². The van der Waals surface area contributed by atoms with E-state index >= 15 is 0 Å². The smallest absolute Gasteiger partial charge is 0.414 e. The van der Waals surface area contributed by atoms with Crippen LogP contribution >= 0.6 is 0 Å². The topological polar surface area (TPSA) is 95.9 Å². The van der Waals surface area contributed by atoms with Crippen molar-refractivity contribution in [2.24, 2.45) is 0 Å². The Bertz CT molecular complexity index is 482. The quantitative estimate of drug-likeness (QED) is 0.549. The summed E-state index contributed by atoms with van der Waals surface area (Å²) in [5.74, 6) is -2.66. The fraction of sp³-hybridized carbons (Fsp3) is 0.529. The highest BCUT2D eigenvalue weighted by Gasteiger charge is 2.07. The summed E-state index contributed by atoms with van der Waals surface area (Å²) >= 11 is 0. The Labute approximate surface area is 137 Å². The number of hydrogen-bond acceptors (Lipinski definition) is 4. The van der Waals surface area contributed by atoms with E-state index in [4.69, 9.17) is 24.5 Å². The van der Waals surface area contributed by atoms with Gasteiger partial charge in [-0.15, -0.1) is 0 Å². The zero-order valence-electron chi connectivity index (χ0n) is 14.3. The fourth-order valence-electron chi connectivity index (χ4n) is 1.58. The van der Waals surface area contributed by atoms with Gasteiger partial charge in [-0.1, -0.05) is 19.1 Å². The summed E-state index contributed by atoms with van der Waals surface area (Å²) in [4.78, 5) is 18.2. The molecular formula is C17H27NO5. The lowest BCUT2D eigenvalue weighted by Crippen LogP contribution is -2.36. The van der Waals surface area contributed by atoms with Crippen molar-refractivity contribution in [1.29, 1.82) is 0 Å². The number of benzene rings is 1. The number of nitrogens with one attached hydrogen (secondary N) is 1. The number of aliphatic carboxylic acids is 2. The molecule has 0 aliphatic heterocycles. The Hall–Kier alpha value is -2.08. The van der Waals surface area contributed by atoms with E-state index in [1.807, 2.05) is 6.07 Å². The van der Waals surface area contributed by atoms with Crippen LogP contribution in [0.2, 0.25) is 0 Å². The molecule has 0 unspecified atom stereocenters. The molecule has 0 radical (unpaired) electrons. The van der Waals surface area contributed by atoms with Gasteiger partial charge in [-0.3, -0.25) is 0 Å². The minimum absolute atomic E-state index is 0.197. The standard InChI is InChI=1S/C15H25NO.C2H2O4/c1-5-13-8-6-9-14(12-13)17-11-7-10-16-15(2,3)4;3-1(4)2(5)6/h6,8-9,12,16H,5,7,10-11H2,1-4H3;(H,3,4)(H,5,6). The average Bonchev–Trinajstić information content (AvgIpc) is 2.46. The highest BCUT2D eigenvalue weighted by Crippen LogP contribution is 2.13. The molecule has 0 saturated heterocycles. The molecule has 0 atom stereocenters. The molecule has 0 heterocycles. The largest absolute Gasteiger partial charge is 0.494 e. The maximum absolute atomic E-state index is 9.10. The normalized spacial score (nSPS) is 10.4. The van der Waals surface area contributed by atoms with Crippen LogP contribution in [0.4, 0.5) is 0 Å². The third kappa shape index (κ3) is 12.2. The highest BCUT2D eigenvalue weighted by molar-refractivity contribution is 6.27. The third-order valence-electron chi connectivity index (χ3n) is 2.73. The molecule has 0 aliphatic carbocycles. The number of hydrogen-bond donors (Lipinski definition) is 3. The predicted molar refractivity (Wildman–Crippen MR) is 89.0 cm³/mol. The highest BCUT2D eigenvalue weighted by atomic mass is 16.5. The first-order chi connectivity index (χ1) is 10.7. The molecule has 0 fully saturated rings. The van der Waals surface area contributed by atoms with E-state index in [0.717, 1.165) is 31.7 Å². The van der Waals surface area contributed by atoms with E-state index in [2.05, 4.69) is 51.2 Å². The van der Waals surface area contributed by atoms with Crippen molar-refractivity contribution in [2.75, 3.05) is 13.2 Å². The lowest BCUT2D eigenvalue weighted by Gasteiger charge is -2.20. The van der Waals surface area contributed by atoms with E-state index in [-0.39, 0.29) is 5.54 Å². The fourth-order valence-corrected chi connectivity index (χ4v) is 1.58. The van der Waals surface area contributed by atoms with Crippen molar-refractivity contribution < 1.29 is 24.5 Å². The third-order valence-corrected chi connectivity index (χ3v) is 2.73. The number of carboxylic acid groups (broad SMARTS) is 2. The van der Waals surface area contributed by atoms with Crippen molar-refractivity contribution in [3.05, 3.63) is 29.8 Å². The summed E-state index contributed by atoms with van der Waals surface area (Å²) in [5.41, 5.74) is 1.53. The van der Waals surface area contributed by atoms with Gasteiger partial charge in [0.25, 0.3) is 0 Å². The zero-order valence-corrected chi connectivity index (χ0v) is 14.3. The minimum atomic E-state index is -1.82. The molecule has 0 saturated carbocycles. The van der Waals surface area contributed by atoms with Crippen LogP contribution < -0.4 is 10.1 Å². The van der Waals surface area contributed by atoms with Gasteiger partial charge in [0, 0.05) is 5.54 Å². The van der Waals surface area contributed by atoms with Crippen LogP contribution in [0.5, 0.6) is 5.75 Å². The molecule has 1 aromatic carbocycles. The Balaban J connectivity index is 0.000000688. The number of carboxylic acids is 2. The molecule has 6 nitrogen and oxygen atoms in total. The van der Waals surface area contributed by atoms with Gasteiger partial charge >= 0.3 is 11.9 Å². The van der Waals surface area contributed by atoms with Gasteiger partial charge < -0.3 is 20.3 Å². The lowest BCUT2D eigenvalue weighted by atomic mass is 10.1. The molecule has 6 heteroatoms. The van der Waals surface area contributed by atoms with Crippen LogP contribution in [0.1, 0.15) is 39.7 Å². The second kappa shape index (κ2) is 10.6. The first-order valence-corrected chi connectivity index (χ1v) is 7.58. The Morgan fingerprint density at radius 2 is 1.78 bits per heavy atom. The predicted octanol–water partition coefficient (Wildman–Crippen LogP) is 2.56. The summed E-state index contributed by atoms with van der Waals surface area (Å²) in [5, 5.41) is 18.2. The van der Waals surface area contributed by atoms with E-state index in [1.165, 1.54) is 5.56 Å². The number of rotatable bonds is 6. The lowest BCUT2D eigenvalue weighted by molar-refractivity contribution is -0.159. The molecular weight excluding hydrogens is 298 g/mol. The van der Waals surface area contributed by atoms with Gasteiger partial charge in [-0.05, 0) is 57.9 Å². The number of ether oxygens (including phenoxy) is 1. The average molecular weight is 325 g/mol. The van der Waals surface area contributed by atoms with Crippen LogP contribution in [-0.2, 0) is 16.0 Å². The summed E-state index contributed by atoms with van der Waals surface area (Å²) in [6.07, 6.45) is 2.09. The van der Waals surface area contributed by atoms with Crippen molar-refractivity contribution >= 4 is 11.9 Å². The van der Waals surface area contributed by atoms with Crippen molar-refractivity contribution in [3.8, 4) is 5.75 Å². The molecule has 1 aromatic rings. The zero-order chi connectivity index (χ0) is 17.9. The molecule has 0 amide bonds. The van der Waals surface area contributed by atoms with Crippen LogP contribution in [0.25, 0.3) is 0 Å². The maximum atomic E-state index is 9.10. The van der Waals surface area contributed by atoms with Gasteiger partial charge in [-0.2, -0.15) is 0 Å². The maximum Gasteiger partial charge on any atom is 0.414 e. The van der Waals surface area contributed by atoms with E-state index < -0.39 is 11.9 Å². The summed E-state index contributed by atoms with van der Waals surface area (Å²) < 4.78 is 5.72. The summed E-state index contributed by atoms with van der Waals surface area (Å²) in [7, 11) is 0. The minimum Gasteiger partial charge on any atom is -0.494 e. The van der Waals surface area contributed by atoms with E-state index in [9.17, 15) is 0 Å². The monoisotopic (exact) mass is 325 g/mol. The van der Waals surface area contributed by atoms with Crippen molar-refractivity contribution in [2.45, 2.75) is 46.1 Å². The van der Waals surface area contributed by atoms with Gasteiger partial charge in [-0.25, -0.2) is 9.59 Å². The first-order valence-electron chi connectivity index (χ1n) is 7.58. The van der Waals surface area contributed by atoms with Crippen LogP contribution in [0.3, 0.4) is 0 Å². The van der Waals surface area contributed by atoms with Crippen molar-refractivity contribution in [3.63, 3.8) is 0 Å². The van der Waals surface area contributed by atoms with Crippen LogP contribution in [0.15, 0.2) is 24.3 Å². The molecule has 0 spiro atoms. The van der Waals surface area contributed by atoms with Gasteiger partial charge in [0.15, 0.2) is 0 Å². The van der Waals surface area contributed by atoms with Crippen LogP contribution in [0, 0.1) is 0 Å². The Morgan fingerprint density at radius 3 is 2.26 bits per heavy atom. The second-order valence-corrected chi connectivity index (χ2v) is 5.99. The molecule has 3 N–H and O–H groups in total. The molecule has 0 aliphatic rings. The SMILES string of the molecule is CCc1cccc(OCCCNC(C)(C)C)c1.O=C(O)C(=O)O. The summed E-state index contributed by atoms with van der Waals surface area (Å²) in [6.45, 7) is 10.5. The Morgan fingerprint density at radius 1 is 1.17 bits per heavy atom. The molecule has 1 rings (SSSR count). The molecule has 23 heavy (non-hydrogen) atoms. The first kappa shape index (κ1) is 20.9. The van der Waals surface area contributed by atoms with E-state index in [1.54, 1.807) is 0 Å². The van der Waals surface area contributed by atoms with Gasteiger partial charge in [0.1, 0.15) is 5.75 Å². The van der Waals surface area contributed by atoms with E-state index in [0.29, 0.717) is 0 Å². The number of carbonyl (C=O) groups is 2. The molecule has 0 bridgehead atoms. The number of aryl methyl sites for hydroxylation is 1. The van der Waals surface area contributed by atoms with Crippen molar-refractivity contribution in [1.82, 2.24) is 5.32 Å². The van der Waals surface area contributed by atoms with Gasteiger partial charge in [0.05, 0.1) is 6.61 Å². The Kier molecular flexibility index (Phi) is 9.65. The summed E-state index contributed by atoms with van der Waals surface area (Å²) in [6, 6.07) is 8.34.